The van der Waals surface area contributed by atoms with Gasteiger partial charge in [-0.05, 0) is 42.0 Å². The van der Waals surface area contributed by atoms with Gasteiger partial charge in [-0.1, -0.05) is 54.9 Å². The van der Waals surface area contributed by atoms with Gasteiger partial charge in [-0.15, -0.1) is 11.3 Å². The van der Waals surface area contributed by atoms with Crippen LogP contribution in [0.15, 0.2) is 57.8 Å². The van der Waals surface area contributed by atoms with Gasteiger partial charge < -0.3 is 0 Å². The monoisotopic (exact) mass is 534 g/mol. The Morgan fingerprint density at radius 2 is 1.76 bits per heavy atom. The van der Waals surface area contributed by atoms with Crippen molar-refractivity contribution in [1.29, 1.82) is 5.26 Å². The lowest BCUT2D eigenvalue weighted by Gasteiger charge is -2.15. The van der Waals surface area contributed by atoms with Gasteiger partial charge in [-0.2, -0.15) is 18.4 Å². The standard InChI is InChI=1S/C24H18BrF3N2O2S/c1-23(2,3)20(31)18(13-29)22-30(17-6-4-5-15(12-17)24(26,27)28)21(32)19(33-22)11-14-7-9-16(25)10-8-14/h4-12H,1-3H3. The smallest absolute Gasteiger partial charge is 0.293 e. The van der Waals surface area contributed by atoms with Crippen molar-refractivity contribution in [2.24, 2.45) is 5.41 Å². The number of benzene rings is 2. The van der Waals surface area contributed by atoms with Crippen LogP contribution < -0.4 is 14.8 Å². The third-order valence-electron chi connectivity index (χ3n) is 4.66. The molecule has 0 amide bonds. The maximum absolute atomic E-state index is 13.3. The number of hydrogen-bond acceptors (Lipinski definition) is 4. The van der Waals surface area contributed by atoms with E-state index in [-0.39, 0.29) is 20.5 Å². The summed E-state index contributed by atoms with van der Waals surface area (Å²) in [4.78, 5) is 26.3. The molecule has 0 atom stereocenters. The molecule has 1 aromatic heterocycles. The number of ketones is 1. The first-order valence-electron chi connectivity index (χ1n) is 9.69. The van der Waals surface area contributed by atoms with Crippen molar-refractivity contribution in [2.45, 2.75) is 26.9 Å². The van der Waals surface area contributed by atoms with E-state index in [2.05, 4.69) is 15.9 Å². The summed E-state index contributed by atoms with van der Waals surface area (Å²) in [6.45, 7) is 4.88. The number of Topliss-reactive ketones (excluding diaryl/α,β-unsaturated/α-hetero) is 1. The van der Waals surface area contributed by atoms with Gasteiger partial charge in [0, 0.05) is 9.89 Å². The second-order valence-electron chi connectivity index (χ2n) is 8.22. The van der Waals surface area contributed by atoms with Crippen molar-refractivity contribution in [3.8, 4) is 11.8 Å². The number of alkyl halides is 3. The number of thiazole rings is 1. The second-order valence-corrected chi connectivity index (χ2v) is 10.2. The molecule has 3 aromatic rings. The molecular weight excluding hydrogens is 517 g/mol. The van der Waals surface area contributed by atoms with E-state index >= 15 is 0 Å². The van der Waals surface area contributed by atoms with E-state index in [1.807, 2.05) is 6.07 Å². The summed E-state index contributed by atoms with van der Waals surface area (Å²) < 4.78 is 42.0. The van der Waals surface area contributed by atoms with Gasteiger partial charge in [0.15, 0.2) is 5.78 Å². The van der Waals surface area contributed by atoms with Crippen LogP contribution in [-0.4, -0.2) is 10.4 Å². The van der Waals surface area contributed by atoms with Crippen molar-refractivity contribution in [3.63, 3.8) is 0 Å². The molecular formula is C24H18BrF3N2O2S. The van der Waals surface area contributed by atoms with Crippen molar-refractivity contribution in [1.82, 2.24) is 4.57 Å². The van der Waals surface area contributed by atoms with Crippen molar-refractivity contribution in [3.05, 3.63) is 83.7 Å². The molecule has 4 nitrogen and oxygen atoms in total. The number of aromatic nitrogens is 1. The van der Waals surface area contributed by atoms with Crippen molar-refractivity contribution < 1.29 is 18.0 Å². The topological polar surface area (TPSA) is 62.9 Å². The summed E-state index contributed by atoms with van der Waals surface area (Å²) in [6.07, 6.45) is -3.05. The van der Waals surface area contributed by atoms with E-state index in [9.17, 15) is 28.0 Å². The largest absolute Gasteiger partial charge is 0.416 e. The quantitative estimate of drug-likeness (QED) is 0.485. The summed E-state index contributed by atoms with van der Waals surface area (Å²) in [6, 6.07) is 13.2. The Hall–Kier alpha value is -2.96. The SMILES string of the molecule is CC(C)(C)C(=O)C(C#N)=c1sc(=Cc2ccc(Br)cc2)c(=O)n1-c1cccc(C(F)(F)F)c1. The molecule has 33 heavy (non-hydrogen) atoms. The zero-order valence-electron chi connectivity index (χ0n) is 17.8. The minimum Gasteiger partial charge on any atom is -0.293 e. The summed E-state index contributed by atoms with van der Waals surface area (Å²) in [7, 11) is 0. The van der Waals surface area contributed by atoms with Gasteiger partial charge in [0.25, 0.3) is 5.56 Å². The summed E-state index contributed by atoms with van der Waals surface area (Å²) in [5, 5.41) is 9.78. The third kappa shape index (κ3) is 5.34. The maximum atomic E-state index is 13.3. The van der Waals surface area contributed by atoms with Crippen LogP contribution in [0.2, 0.25) is 0 Å². The number of rotatable bonds is 3. The summed E-state index contributed by atoms with van der Waals surface area (Å²) in [5.41, 5.74) is -2.17. The number of hydrogen-bond donors (Lipinski definition) is 0. The molecule has 0 aliphatic carbocycles. The Morgan fingerprint density at radius 1 is 1.12 bits per heavy atom. The Labute approximate surface area is 200 Å². The zero-order valence-corrected chi connectivity index (χ0v) is 20.2. The summed E-state index contributed by atoms with van der Waals surface area (Å²) >= 11 is 4.22. The lowest BCUT2D eigenvalue weighted by atomic mass is 9.87. The predicted octanol–water partition coefficient (Wildman–Crippen LogP) is 4.80. The van der Waals surface area contributed by atoms with Crippen LogP contribution in [0.1, 0.15) is 31.9 Å². The van der Waals surface area contributed by atoms with Crippen LogP contribution in [0, 0.1) is 16.7 Å². The Kier molecular flexibility index (Phi) is 6.82. The highest BCUT2D eigenvalue weighted by atomic mass is 79.9. The number of carbonyl (C=O) groups excluding carboxylic acids is 1. The zero-order chi connectivity index (χ0) is 24.6. The molecule has 2 aromatic carbocycles. The minimum absolute atomic E-state index is 0.00916. The molecule has 3 rings (SSSR count). The number of nitrogens with zero attached hydrogens (tertiary/aromatic N) is 2. The van der Waals surface area contributed by atoms with Gasteiger partial charge >= 0.3 is 6.18 Å². The van der Waals surface area contributed by atoms with Crippen LogP contribution in [-0.2, 0) is 11.0 Å². The molecule has 0 aliphatic rings. The predicted molar refractivity (Wildman–Crippen MR) is 125 cm³/mol. The molecule has 0 saturated heterocycles. The third-order valence-corrected chi connectivity index (χ3v) is 6.28. The van der Waals surface area contributed by atoms with Crippen molar-refractivity contribution in [2.75, 3.05) is 0 Å². The van der Waals surface area contributed by atoms with Gasteiger partial charge in [0.2, 0.25) is 0 Å². The second kappa shape index (κ2) is 9.12. The average molecular weight is 535 g/mol. The fourth-order valence-electron chi connectivity index (χ4n) is 2.99. The molecule has 0 saturated carbocycles. The van der Waals surface area contributed by atoms with E-state index < -0.39 is 28.5 Å². The molecule has 0 aliphatic heterocycles. The molecule has 0 spiro atoms. The van der Waals surface area contributed by atoms with Crippen LogP contribution in [0.4, 0.5) is 13.2 Å². The highest BCUT2D eigenvalue weighted by Crippen LogP contribution is 2.30. The normalized spacial score (nSPS) is 13.6. The Morgan fingerprint density at radius 3 is 2.30 bits per heavy atom. The Bertz CT molecular complexity index is 1440. The minimum atomic E-state index is -4.62. The van der Waals surface area contributed by atoms with E-state index in [0.29, 0.717) is 5.56 Å². The average Bonchev–Trinajstić information content (AvgIpc) is 3.05. The fraction of sp³-hybridized carbons (Fsp3) is 0.208. The molecule has 0 unspecified atom stereocenters. The lowest BCUT2D eigenvalue weighted by Crippen LogP contribution is -2.33. The molecule has 0 bridgehead atoms. The molecule has 170 valence electrons. The van der Waals surface area contributed by atoms with Crippen LogP contribution in [0.5, 0.6) is 0 Å². The highest BCUT2D eigenvalue weighted by molar-refractivity contribution is 9.10. The molecule has 0 N–H and O–H groups in total. The maximum Gasteiger partial charge on any atom is 0.416 e. The fourth-order valence-corrected chi connectivity index (χ4v) is 4.35. The first-order valence-corrected chi connectivity index (χ1v) is 11.3. The van der Waals surface area contributed by atoms with E-state index in [1.165, 1.54) is 12.1 Å². The van der Waals surface area contributed by atoms with Crippen LogP contribution in [0.25, 0.3) is 17.3 Å². The number of nitriles is 1. The molecule has 0 radical (unpaired) electrons. The molecule has 1 heterocycles. The van der Waals surface area contributed by atoms with Gasteiger partial charge in [-0.3, -0.25) is 14.2 Å². The molecule has 9 heteroatoms. The van der Waals surface area contributed by atoms with E-state index in [4.69, 9.17) is 0 Å². The van der Waals surface area contributed by atoms with Gasteiger partial charge in [0.05, 0.1) is 15.8 Å². The number of carbonyl (C=O) groups is 1. The highest BCUT2D eigenvalue weighted by Gasteiger charge is 2.31. The van der Waals surface area contributed by atoms with E-state index in [0.717, 1.165) is 32.5 Å². The van der Waals surface area contributed by atoms with Gasteiger partial charge in [-0.25, -0.2) is 0 Å². The van der Waals surface area contributed by atoms with Crippen LogP contribution >= 0.6 is 27.3 Å². The molecule has 0 fully saturated rings. The van der Waals surface area contributed by atoms with Gasteiger partial charge in [0.1, 0.15) is 16.3 Å². The number of halogens is 4. The Balaban J connectivity index is 2.44. The first kappa shape index (κ1) is 24.7. The summed E-state index contributed by atoms with van der Waals surface area (Å²) in [5.74, 6) is -0.512. The lowest BCUT2D eigenvalue weighted by molar-refractivity contribution is -0.137. The van der Waals surface area contributed by atoms with Crippen LogP contribution in [0.3, 0.4) is 0 Å². The first-order chi connectivity index (χ1) is 15.3. The van der Waals surface area contributed by atoms with Crippen molar-refractivity contribution >= 4 is 44.7 Å². The van der Waals surface area contributed by atoms with E-state index in [1.54, 1.807) is 51.1 Å².